The molecule has 18 heavy (non-hydrogen) atoms. The molecule has 1 aromatic heterocycles. The van der Waals surface area contributed by atoms with E-state index in [4.69, 9.17) is 9.15 Å². The molecule has 0 spiro atoms. The maximum atomic E-state index is 9.38. The van der Waals surface area contributed by atoms with Crippen molar-refractivity contribution in [1.29, 1.82) is 0 Å². The second-order valence-corrected chi connectivity index (χ2v) is 3.98. The number of aryl methyl sites for hydroxylation is 1. The van der Waals surface area contributed by atoms with Crippen molar-refractivity contribution in [1.82, 2.24) is 10.2 Å². The van der Waals surface area contributed by atoms with Crippen LogP contribution in [0, 0.1) is 0 Å². The summed E-state index contributed by atoms with van der Waals surface area (Å²) in [6.07, 6.45) is 0.248. The van der Waals surface area contributed by atoms with Gasteiger partial charge in [0.15, 0.2) is 6.61 Å². The molecule has 0 amide bonds. The van der Waals surface area contributed by atoms with Gasteiger partial charge in [0, 0.05) is 6.42 Å². The van der Waals surface area contributed by atoms with Gasteiger partial charge in [0.25, 0.3) is 5.89 Å². The summed E-state index contributed by atoms with van der Waals surface area (Å²) >= 11 is 0. The van der Waals surface area contributed by atoms with Crippen molar-refractivity contribution in [2.45, 2.75) is 33.0 Å². The van der Waals surface area contributed by atoms with Gasteiger partial charge in [0.05, 0.1) is 6.10 Å². The van der Waals surface area contributed by atoms with Crippen molar-refractivity contribution in [2.75, 3.05) is 0 Å². The van der Waals surface area contributed by atoms with Gasteiger partial charge in [-0.15, -0.1) is 10.2 Å². The van der Waals surface area contributed by atoms with E-state index in [2.05, 4.69) is 10.2 Å². The predicted octanol–water partition coefficient (Wildman–Crippen LogP) is 2.26. The summed E-state index contributed by atoms with van der Waals surface area (Å²) in [5.74, 6) is 1.78. The fraction of sp³-hybridized carbons (Fsp3) is 0.385. The summed E-state index contributed by atoms with van der Waals surface area (Å²) in [5.41, 5.74) is 0.855. The van der Waals surface area contributed by atoms with Crippen molar-refractivity contribution >= 4 is 0 Å². The van der Waals surface area contributed by atoms with Gasteiger partial charge in [0.1, 0.15) is 5.75 Å². The number of hydrogen-bond donors (Lipinski definition) is 1. The number of nitrogens with zero attached hydrogens (tertiary/aromatic N) is 2. The van der Waals surface area contributed by atoms with E-state index in [-0.39, 0.29) is 6.61 Å². The highest BCUT2D eigenvalue weighted by Gasteiger charge is 2.05. The minimum Gasteiger partial charge on any atom is -0.484 e. The molecule has 1 aromatic carbocycles. The Kier molecular flexibility index (Phi) is 3.94. The van der Waals surface area contributed by atoms with Crippen LogP contribution in [-0.2, 0) is 13.0 Å². The zero-order valence-corrected chi connectivity index (χ0v) is 10.5. The van der Waals surface area contributed by atoms with E-state index in [0.717, 1.165) is 12.0 Å². The van der Waals surface area contributed by atoms with Crippen LogP contribution < -0.4 is 4.74 Å². The molecule has 2 aromatic rings. The average molecular weight is 248 g/mol. The molecule has 2 rings (SSSR count). The van der Waals surface area contributed by atoms with E-state index in [0.29, 0.717) is 17.5 Å². The third-order valence-electron chi connectivity index (χ3n) is 2.54. The van der Waals surface area contributed by atoms with Crippen LogP contribution in [0.4, 0.5) is 0 Å². The van der Waals surface area contributed by atoms with Crippen LogP contribution >= 0.6 is 0 Å². The number of aromatic nitrogens is 2. The molecular formula is C13H16N2O3. The van der Waals surface area contributed by atoms with Crippen LogP contribution in [0.5, 0.6) is 5.75 Å². The smallest absolute Gasteiger partial charge is 0.253 e. The maximum absolute atomic E-state index is 9.38. The first-order valence-electron chi connectivity index (χ1n) is 5.91. The monoisotopic (exact) mass is 248 g/mol. The fourth-order valence-electron chi connectivity index (χ4n) is 1.48. The first-order chi connectivity index (χ1) is 8.69. The second kappa shape index (κ2) is 5.64. The van der Waals surface area contributed by atoms with Gasteiger partial charge in [-0.1, -0.05) is 19.1 Å². The van der Waals surface area contributed by atoms with Crippen molar-refractivity contribution in [3.05, 3.63) is 41.6 Å². The molecule has 0 bridgehead atoms. The molecule has 0 radical (unpaired) electrons. The van der Waals surface area contributed by atoms with Crippen LogP contribution in [-0.4, -0.2) is 15.3 Å². The van der Waals surface area contributed by atoms with Crippen molar-refractivity contribution in [3.63, 3.8) is 0 Å². The summed E-state index contributed by atoms with van der Waals surface area (Å²) in [6, 6.07) is 7.26. The van der Waals surface area contributed by atoms with Crippen molar-refractivity contribution in [3.8, 4) is 5.75 Å². The van der Waals surface area contributed by atoms with Crippen LogP contribution in [0.2, 0.25) is 0 Å². The highest BCUT2D eigenvalue weighted by molar-refractivity contribution is 5.28. The fourth-order valence-corrected chi connectivity index (χ4v) is 1.48. The van der Waals surface area contributed by atoms with E-state index >= 15 is 0 Å². The number of hydrogen-bond acceptors (Lipinski definition) is 5. The minimum atomic E-state index is -0.470. The average Bonchev–Trinajstić information content (AvgIpc) is 2.85. The van der Waals surface area contributed by atoms with Crippen LogP contribution in [0.1, 0.15) is 37.3 Å². The maximum Gasteiger partial charge on any atom is 0.253 e. The Bertz CT molecular complexity index is 491. The van der Waals surface area contributed by atoms with E-state index in [1.807, 2.05) is 19.1 Å². The normalized spacial score (nSPS) is 12.4. The lowest BCUT2D eigenvalue weighted by molar-refractivity contribution is 0.199. The van der Waals surface area contributed by atoms with Crippen LogP contribution in [0.3, 0.4) is 0 Å². The number of benzene rings is 1. The predicted molar refractivity (Wildman–Crippen MR) is 65.1 cm³/mol. The lowest BCUT2D eigenvalue weighted by Crippen LogP contribution is -1.96. The van der Waals surface area contributed by atoms with Crippen LogP contribution in [0.15, 0.2) is 28.7 Å². The molecule has 0 aliphatic rings. The third-order valence-corrected chi connectivity index (χ3v) is 2.54. The summed E-state index contributed by atoms with van der Waals surface area (Å²) < 4.78 is 10.8. The number of rotatable bonds is 5. The number of aliphatic hydroxyl groups excluding tert-OH is 1. The molecule has 0 aliphatic carbocycles. The molecule has 0 fully saturated rings. The molecule has 1 unspecified atom stereocenters. The van der Waals surface area contributed by atoms with Gasteiger partial charge >= 0.3 is 0 Å². The van der Waals surface area contributed by atoms with E-state index < -0.39 is 6.10 Å². The molecule has 0 saturated carbocycles. The Balaban J connectivity index is 1.93. The molecule has 1 N–H and O–H groups in total. The summed E-state index contributed by atoms with van der Waals surface area (Å²) in [7, 11) is 0. The first-order valence-corrected chi connectivity index (χ1v) is 5.91. The zero-order valence-electron chi connectivity index (χ0n) is 10.5. The summed E-state index contributed by atoms with van der Waals surface area (Å²) in [4.78, 5) is 0. The van der Waals surface area contributed by atoms with Crippen LogP contribution in [0.25, 0.3) is 0 Å². The van der Waals surface area contributed by atoms with E-state index in [1.165, 1.54) is 0 Å². The SMILES string of the molecule is CCc1nnc(COc2ccc(C(C)O)cc2)o1. The quantitative estimate of drug-likeness (QED) is 0.879. The Hall–Kier alpha value is -1.88. The molecule has 5 nitrogen and oxygen atoms in total. The van der Waals surface area contributed by atoms with Crippen molar-refractivity contribution < 1.29 is 14.3 Å². The minimum absolute atomic E-state index is 0.251. The standard InChI is InChI=1S/C13H16N2O3/c1-3-12-14-15-13(18-12)8-17-11-6-4-10(5-7-11)9(2)16/h4-7,9,16H,3,8H2,1-2H3. The Morgan fingerprint density at radius 1 is 1.22 bits per heavy atom. The second-order valence-electron chi connectivity index (χ2n) is 3.98. The number of ether oxygens (including phenoxy) is 1. The number of aliphatic hydroxyl groups is 1. The Morgan fingerprint density at radius 3 is 2.44 bits per heavy atom. The first kappa shape index (κ1) is 12.6. The highest BCUT2D eigenvalue weighted by Crippen LogP contribution is 2.18. The highest BCUT2D eigenvalue weighted by atomic mass is 16.5. The molecule has 5 heteroatoms. The van der Waals surface area contributed by atoms with Gasteiger partial charge in [-0.25, -0.2) is 0 Å². The Labute approximate surface area is 105 Å². The third kappa shape index (κ3) is 3.07. The lowest BCUT2D eigenvalue weighted by atomic mass is 10.1. The zero-order chi connectivity index (χ0) is 13.0. The molecule has 0 aliphatic heterocycles. The molecule has 0 saturated heterocycles. The molecule has 1 atom stereocenters. The molecular weight excluding hydrogens is 232 g/mol. The molecule has 96 valence electrons. The van der Waals surface area contributed by atoms with Gasteiger partial charge in [-0.05, 0) is 24.6 Å². The van der Waals surface area contributed by atoms with Gasteiger partial charge in [-0.3, -0.25) is 0 Å². The largest absolute Gasteiger partial charge is 0.484 e. The van der Waals surface area contributed by atoms with Gasteiger partial charge in [-0.2, -0.15) is 0 Å². The topological polar surface area (TPSA) is 68.4 Å². The lowest BCUT2D eigenvalue weighted by Gasteiger charge is -2.06. The van der Waals surface area contributed by atoms with Gasteiger partial charge in [0.2, 0.25) is 5.89 Å². The summed E-state index contributed by atoms with van der Waals surface area (Å²) in [5, 5.41) is 17.1. The summed E-state index contributed by atoms with van der Waals surface area (Å²) in [6.45, 7) is 3.93. The van der Waals surface area contributed by atoms with Gasteiger partial charge < -0.3 is 14.3 Å². The van der Waals surface area contributed by atoms with E-state index in [9.17, 15) is 5.11 Å². The molecule has 1 heterocycles. The van der Waals surface area contributed by atoms with Crippen molar-refractivity contribution in [2.24, 2.45) is 0 Å². The Morgan fingerprint density at radius 2 is 1.89 bits per heavy atom. The van der Waals surface area contributed by atoms with E-state index in [1.54, 1.807) is 19.1 Å².